The quantitative estimate of drug-likeness (QED) is 0.838. The third-order valence-electron chi connectivity index (χ3n) is 5.26. The van der Waals surface area contributed by atoms with Gasteiger partial charge >= 0.3 is 6.09 Å². The van der Waals surface area contributed by atoms with Gasteiger partial charge in [0.15, 0.2) is 0 Å². The molecule has 2 N–H and O–H groups in total. The van der Waals surface area contributed by atoms with Crippen molar-refractivity contribution in [2.45, 2.75) is 90.1 Å². The molecule has 23 heavy (non-hydrogen) atoms. The largest absolute Gasteiger partial charge is 0.444 e. The SMILES string of the molecule is CC1CN(C)C(C)CC1NC1CCCC1NC(=O)OC(C)(C)C. The van der Waals surface area contributed by atoms with Gasteiger partial charge in [-0.05, 0) is 66.3 Å². The summed E-state index contributed by atoms with van der Waals surface area (Å²) in [5, 5.41) is 6.92. The Kier molecular flexibility index (Phi) is 5.95. The summed E-state index contributed by atoms with van der Waals surface area (Å²) in [6.07, 6.45) is 4.21. The van der Waals surface area contributed by atoms with Gasteiger partial charge in [-0.15, -0.1) is 0 Å². The van der Waals surface area contributed by atoms with Crippen molar-refractivity contribution in [3.63, 3.8) is 0 Å². The van der Waals surface area contributed by atoms with E-state index in [-0.39, 0.29) is 12.1 Å². The fourth-order valence-corrected chi connectivity index (χ4v) is 3.84. The monoisotopic (exact) mass is 325 g/mol. The molecule has 2 aliphatic rings. The molecule has 5 atom stereocenters. The molecule has 134 valence electrons. The van der Waals surface area contributed by atoms with Crippen LogP contribution in [0.5, 0.6) is 0 Å². The topological polar surface area (TPSA) is 53.6 Å². The second kappa shape index (κ2) is 7.39. The minimum absolute atomic E-state index is 0.187. The van der Waals surface area contributed by atoms with Crippen LogP contribution in [0.15, 0.2) is 0 Å². The molecule has 5 unspecified atom stereocenters. The first kappa shape index (κ1) is 18.5. The van der Waals surface area contributed by atoms with E-state index in [1.54, 1.807) is 0 Å². The standard InChI is InChI=1S/C18H35N3O2/c1-12-11-21(6)13(2)10-16(12)19-14-8-7-9-15(14)20-17(22)23-18(3,4)5/h12-16,19H,7-11H2,1-6H3,(H,20,22). The van der Waals surface area contributed by atoms with Gasteiger partial charge in [0.25, 0.3) is 0 Å². The van der Waals surface area contributed by atoms with Crippen molar-refractivity contribution in [3.8, 4) is 0 Å². The summed E-state index contributed by atoms with van der Waals surface area (Å²) in [5.74, 6) is 0.638. The fraction of sp³-hybridized carbons (Fsp3) is 0.944. The van der Waals surface area contributed by atoms with E-state index in [1.807, 2.05) is 20.8 Å². The van der Waals surface area contributed by atoms with Crippen molar-refractivity contribution >= 4 is 6.09 Å². The van der Waals surface area contributed by atoms with Crippen molar-refractivity contribution in [2.75, 3.05) is 13.6 Å². The van der Waals surface area contributed by atoms with Gasteiger partial charge in [-0.1, -0.05) is 6.92 Å². The molecule has 1 saturated carbocycles. The lowest BCUT2D eigenvalue weighted by Gasteiger charge is -2.42. The molecule has 0 aromatic carbocycles. The molecular weight excluding hydrogens is 290 g/mol. The molecule has 1 saturated heterocycles. The van der Waals surface area contributed by atoms with E-state index in [0.29, 0.717) is 24.0 Å². The first-order chi connectivity index (χ1) is 10.7. The molecule has 2 fully saturated rings. The highest BCUT2D eigenvalue weighted by atomic mass is 16.6. The minimum atomic E-state index is -0.441. The van der Waals surface area contributed by atoms with Crippen LogP contribution in [0.2, 0.25) is 0 Å². The fourth-order valence-electron chi connectivity index (χ4n) is 3.84. The number of hydrogen-bond donors (Lipinski definition) is 2. The number of likely N-dealkylation sites (tertiary alicyclic amines) is 1. The normalized spacial score (nSPS) is 36.0. The molecule has 5 heteroatoms. The molecule has 1 amide bonds. The number of nitrogens with one attached hydrogen (secondary N) is 2. The second-order valence-electron chi connectivity index (χ2n) is 8.56. The summed E-state index contributed by atoms with van der Waals surface area (Å²) in [5.41, 5.74) is -0.441. The zero-order chi connectivity index (χ0) is 17.2. The van der Waals surface area contributed by atoms with E-state index in [4.69, 9.17) is 4.74 Å². The van der Waals surface area contributed by atoms with Crippen LogP contribution >= 0.6 is 0 Å². The highest BCUT2D eigenvalue weighted by Gasteiger charge is 2.35. The molecule has 1 aliphatic carbocycles. The van der Waals surface area contributed by atoms with Gasteiger partial charge in [-0.25, -0.2) is 4.79 Å². The number of hydrogen-bond acceptors (Lipinski definition) is 4. The van der Waals surface area contributed by atoms with Crippen LogP contribution in [0, 0.1) is 5.92 Å². The van der Waals surface area contributed by atoms with Crippen LogP contribution in [-0.2, 0) is 4.74 Å². The number of nitrogens with zero attached hydrogens (tertiary/aromatic N) is 1. The van der Waals surface area contributed by atoms with E-state index in [9.17, 15) is 4.79 Å². The molecular formula is C18H35N3O2. The van der Waals surface area contributed by atoms with Gasteiger partial charge in [0, 0.05) is 30.7 Å². The van der Waals surface area contributed by atoms with Crippen molar-refractivity contribution in [1.82, 2.24) is 15.5 Å². The molecule has 1 heterocycles. The number of piperidine rings is 1. The van der Waals surface area contributed by atoms with Gasteiger partial charge in [0.05, 0.1) is 0 Å². The number of rotatable bonds is 3. The lowest BCUT2D eigenvalue weighted by atomic mass is 9.89. The highest BCUT2D eigenvalue weighted by molar-refractivity contribution is 5.68. The maximum atomic E-state index is 12.0. The average molecular weight is 325 g/mol. The minimum Gasteiger partial charge on any atom is -0.444 e. The van der Waals surface area contributed by atoms with Gasteiger partial charge in [0.1, 0.15) is 5.60 Å². The van der Waals surface area contributed by atoms with Gasteiger partial charge in [-0.2, -0.15) is 0 Å². The predicted octanol–water partition coefficient (Wildman–Crippen LogP) is 2.75. The van der Waals surface area contributed by atoms with E-state index in [0.717, 1.165) is 25.8 Å². The van der Waals surface area contributed by atoms with Crippen LogP contribution in [0.25, 0.3) is 0 Å². The summed E-state index contributed by atoms with van der Waals surface area (Å²) in [7, 11) is 2.21. The summed E-state index contributed by atoms with van der Waals surface area (Å²) in [6, 6.07) is 1.70. The summed E-state index contributed by atoms with van der Waals surface area (Å²) < 4.78 is 5.41. The Morgan fingerprint density at radius 3 is 2.43 bits per heavy atom. The number of ether oxygens (including phenoxy) is 1. The zero-order valence-electron chi connectivity index (χ0n) is 15.7. The van der Waals surface area contributed by atoms with Crippen LogP contribution in [0.1, 0.15) is 60.3 Å². The number of alkyl carbamates (subject to hydrolysis) is 1. The Balaban J connectivity index is 1.88. The second-order valence-corrected chi connectivity index (χ2v) is 8.56. The molecule has 0 spiro atoms. The predicted molar refractivity (Wildman–Crippen MR) is 93.6 cm³/mol. The third kappa shape index (κ3) is 5.35. The molecule has 0 bridgehead atoms. The highest BCUT2D eigenvalue weighted by Crippen LogP contribution is 2.25. The average Bonchev–Trinajstić information content (AvgIpc) is 2.81. The molecule has 0 aromatic rings. The van der Waals surface area contributed by atoms with E-state index >= 15 is 0 Å². The molecule has 0 aromatic heterocycles. The number of carbonyl (C=O) groups is 1. The first-order valence-electron chi connectivity index (χ1n) is 9.11. The van der Waals surface area contributed by atoms with Crippen molar-refractivity contribution in [3.05, 3.63) is 0 Å². The van der Waals surface area contributed by atoms with Gasteiger partial charge in [0.2, 0.25) is 0 Å². The Morgan fingerprint density at radius 1 is 1.13 bits per heavy atom. The van der Waals surface area contributed by atoms with E-state index in [2.05, 4.69) is 36.4 Å². The van der Waals surface area contributed by atoms with Crippen molar-refractivity contribution in [1.29, 1.82) is 0 Å². The first-order valence-corrected chi connectivity index (χ1v) is 9.11. The maximum absolute atomic E-state index is 12.0. The Morgan fingerprint density at radius 2 is 1.78 bits per heavy atom. The Hall–Kier alpha value is -0.810. The van der Waals surface area contributed by atoms with E-state index in [1.165, 1.54) is 6.42 Å². The van der Waals surface area contributed by atoms with Gasteiger partial charge < -0.3 is 20.3 Å². The van der Waals surface area contributed by atoms with Crippen molar-refractivity contribution < 1.29 is 9.53 Å². The van der Waals surface area contributed by atoms with Crippen molar-refractivity contribution in [2.24, 2.45) is 5.92 Å². The van der Waals surface area contributed by atoms with Crippen LogP contribution in [0.4, 0.5) is 4.79 Å². The Labute approximate surface area is 141 Å². The smallest absolute Gasteiger partial charge is 0.407 e. The lowest BCUT2D eigenvalue weighted by Crippen LogP contribution is -2.57. The lowest BCUT2D eigenvalue weighted by molar-refractivity contribution is 0.0490. The Bertz CT molecular complexity index is 408. The summed E-state index contributed by atoms with van der Waals surface area (Å²) >= 11 is 0. The maximum Gasteiger partial charge on any atom is 0.407 e. The molecule has 2 rings (SSSR count). The van der Waals surface area contributed by atoms with Crippen LogP contribution < -0.4 is 10.6 Å². The number of amides is 1. The summed E-state index contributed by atoms with van der Waals surface area (Å²) in [4.78, 5) is 14.5. The zero-order valence-corrected chi connectivity index (χ0v) is 15.7. The van der Waals surface area contributed by atoms with Crippen LogP contribution in [-0.4, -0.2) is 54.4 Å². The third-order valence-corrected chi connectivity index (χ3v) is 5.26. The van der Waals surface area contributed by atoms with E-state index < -0.39 is 5.60 Å². The van der Waals surface area contributed by atoms with Gasteiger partial charge in [-0.3, -0.25) is 0 Å². The molecule has 0 radical (unpaired) electrons. The molecule has 1 aliphatic heterocycles. The summed E-state index contributed by atoms with van der Waals surface area (Å²) in [6.45, 7) is 11.5. The number of carbonyl (C=O) groups excluding carboxylic acids is 1. The van der Waals surface area contributed by atoms with Crippen LogP contribution in [0.3, 0.4) is 0 Å². The molecule has 5 nitrogen and oxygen atoms in total.